The average molecular weight is 311 g/mol. The number of hydrogen-bond donors (Lipinski definition) is 1. The number of carbonyl (C=O) groups is 1. The van der Waals surface area contributed by atoms with Gasteiger partial charge in [0.05, 0.1) is 6.10 Å². The quantitative estimate of drug-likeness (QED) is 0.892. The van der Waals surface area contributed by atoms with Crippen molar-refractivity contribution in [2.45, 2.75) is 47.3 Å². The predicted molar refractivity (Wildman–Crippen MR) is 94.0 cm³/mol. The van der Waals surface area contributed by atoms with Crippen LogP contribution >= 0.6 is 0 Å². The standard InChI is InChI=1S/C20H25NO2/c1-13(2)23-18-8-6-7-17(11-18)12-21-20(22)19-10-15(4)14(3)9-16(19)5/h6-11,13H,12H2,1-5H3,(H,21,22). The number of benzene rings is 2. The van der Waals surface area contributed by atoms with Crippen molar-refractivity contribution in [3.8, 4) is 5.75 Å². The molecule has 0 aromatic heterocycles. The normalized spacial score (nSPS) is 10.7. The van der Waals surface area contributed by atoms with Crippen LogP contribution in [0, 0.1) is 20.8 Å². The van der Waals surface area contributed by atoms with Gasteiger partial charge in [-0.15, -0.1) is 0 Å². The van der Waals surface area contributed by atoms with Gasteiger partial charge < -0.3 is 10.1 Å². The molecule has 0 fully saturated rings. The lowest BCUT2D eigenvalue weighted by Gasteiger charge is -2.12. The molecule has 122 valence electrons. The van der Waals surface area contributed by atoms with Gasteiger partial charge in [-0.3, -0.25) is 4.79 Å². The molecule has 0 spiro atoms. The third kappa shape index (κ3) is 4.59. The van der Waals surface area contributed by atoms with Crippen LogP contribution in [-0.4, -0.2) is 12.0 Å². The van der Waals surface area contributed by atoms with Crippen LogP contribution in [0.3, 0.4) is 0 Å². The molecule has 0 aliphatic heterocycles. The van der Waals surface area contributed by atoms with Crippen LogP contribution in [0.15, 0.2) is 36.4 Å². The van der Waals surface area contributed by atoms with E-state index in [1.165, 1.54) is 5.56 Å². The lowest BCUT2D eigenvalue weighted by Crippen LogP contribution is -2.23. The molecular formula is C20H25NO2. The molecule has 1 N–H and O–H groups in total. The maximum absolute atomic E-state index is 12.4. The van der Waals surface area contributed by atoms with E-state index in [-0.39, 0.29) is 12.0 Å². The Hall–Kier alpha value is -2.29. The SMILES string of the molecule is Cc1cc(C)c(C(=O)NCc2cccc(OC(C)C)c2)cc1C. The number of hydrogen-bond acceptors (Lipinski definition) is 2. The molecule has 0 aliphatic rings. The van der Waals surface area contributed by atoms with Gasteiger partial charge in [-0.25, -0.2) is 0 Å². The number of ether oxygens (including phenoxy) is 1. The lowest BCUT2D eigenvalue weighted by atomic mass is 10.0. The molecule has 0 saturated heterocycles. The van der Waals surface area contributed by atoms with Crippen molar-refractivity contribution in [1.82, 2.24) is 5.32 Å². The van der Waals surface area contributed by atoms with Gasteiger partial charge in [0.25, 0.3) is 5.91 Å². The second kappa shape index (κ2) is 7.32. The zero-order chi connectivity index (χ0) is 17.0. The van der Waals surface area contributed by atoms with Crippen LogP contribution in [0.2, 0.25) is 0 Å². The van der Waals surface area contributed by atoms with Gasteiger partial charge in [0.1, 0.15) is 5.75 Å². The van der Waals surface area contributed by atoms with Gasteiger partial charge in [0.2, 0.25) is 0 Å². The molecular weight excluding hydrogens is 286 g/mol. The minimum absolute atomic E-state index is 0.0409. The molecule has 0 aliphatic carbocycles. The second-order valence-electron chi connectivity index (χ2n) is 6.25. The van der Waals surface area contributed by atoms with Gasteiger partial charge in [-0.05, 0) is 75.1 Å². The first-order chi connectivity index (χ1) is 10.9. The molecule has 3 nitrogen and oxygen atoms in total. The van der Waals surface area contributed by atoms with Gasteiger partial charge in [0, 0.05) is 12.1 Å². The third-order valence-electron chi connectivity index (χ3n) is 3.81. The maximum Gasteiger partial charge on any atom is 0.251 e. The number of carbonyl (C=O) groups excluding carboxylic acids is 1. The van der Waals surface area contributed by atoms with Crippen LogP contribution in [0.1, 0.15) is 46.5 Å². The van der Waals surface area contributed by atoms with Gasteiger partial charge in [0.15, 0.2) is 0 Å². The fourth-order valence-corrected chi connectivity index (χ4v) is 2.48. The largest absolute Gasteiger partial charge is 0.491 e. The van der Waals surface area contributed by atoms with Crippen molar-refractivity contribution in [2.75, 3.05) is 0 Å². The van der Waals surface area contributed by atoms with E-state index in [0.29, 0.717) is 6.54 Å². The number of amides is 1. The summed E-state index contributed by atoms with van der Waals surface area (Å²) in [6, 6.07) is 11.8. The van der Waals surface area contributed by atoms with Gasteiger partial charge >= 0.3 is 0 Å². The van der Waals surface area contributed by atoms with E-state index >= 15 is 0 Å². The summed E-state index contributed by atoms with van der Waals surface area (Å²) in [5.74, 6) is 0.787. The van der Waals surface area contributed by atoms with Crippen LogP contribution in [0.4, 0.5) is 0 Å². The smallest absolute Gasteiger partial charge is 0.251 e. The molecule has 0 bridgehead atoms. The second-order valence-corrected chi connectivity index (χ2v) is 6.25. The first-order valence-electron chi connectivity index (χ1n) is 7.98. The van der Waals surface area contributed by atoms with Crippen molar-refractivity contribution < 1.29 is 9.53 Å². The summed E-state index contributed by atoms with van der Waals surface area (Å²) < 4.78 is 5.68. The highest BCUT2D eigenvalue weighted by atomic mass is 16.5. The topological polar surface area (TPSA) is 38.3 Å². The van der Waals surface area contributed by atoms with Crippen LogP contribution in [0.5, 0.6) is 5.75 Å². The lowest BCUT2D eigenvalue weighted by molar-refractivity contribution is 0.0950. The van der Waals surface area contributed by atoms with Crippen LogP contribution in [-0.2, 0) is 6.54 Å². The third-order valence-corrected chi connectivity index (χ3v) is 3.81. The zero-order valence-corrected chi connectivity index (χ0v) is 14.6. The fourth-order valence-electron chi connectivity index (χ4n) is 2.48. The molecule has 0 saturated carbocycles. The summed E-state index contributed by atoms with van der Waals surface area (Å²) in [5, 5.41) is 2.99. The van der Waals surface area contributed by atoms with E-state index in [1.54, 1.807) is 0 Å². The summed E-state index contributed by atoms with van der Waals surface area (Å²) in [5.41, 5.74) is 5.11. The first kappa shape index (κ1) is 17.1. The Kier molecular flexibility index (Phi) is 5.43. The predicted octanol–water partition coefficient (Wildman–Crippen LogP) is 4.33. The monoisotopic (exact) mass is 311 g/mol. The minimum atomic E-state index is -0.0409. The Morgan fingerprint density at radius 2 is 1.74 bits per heavy atom. The van der Waals surface area contributed by atoms with Crippen molar-refractivity contribution in [3.05, 3.63) is 64.2 Å². The number of rotatable bonds is 5. The Morgan fingerprint density at radius 3 is 2.43 bits per heavy atom. The summed E-state index contributed by atoms with van der Waals surface area (Å²) in [6.45, 7) is 10.5. The number of nitrogens with one attached hydrogen (secondary N) is 1. The maximum atomic E-state index is 12.4. The van der Waals surface area contributed by atoms with E-state index < -0.39 is 0 Å². The highest BCUT2D eigenvalue weighted by Crippen LogP contribution is 2.17. The van der Waals surface area contributed by atoms with Gasteiger partial charge in [-0.2, -0.15) is 0 Å². The van der Waals surface area contributed by atoms with Crippen molar-refractivity contribution in [3.63, 3.8) is 0 Å². The Balaban J connectivity index is 2.06. The molecule has 23 heavy (non-hydrogen) atoms. The zero-order valence-electron chi connectivity index (χ0n) is 14.6. The number of aryl methyl sites for hydroxylation is 3. The summed E-state index contributed by atoms with van der Waals surface area (Å²) in [4.78, 5) is 12.4. The van der Waals surface area contributed by atoms with E-state index in [0.717, 1.165) is 28.0 Å². The molecule has 2 aromatic carbocycles. The van der Waals surface area contributed by atoms with E-state index in [9.17, 15) is 4.79 Å². The fraction of sp³-hybridized carbons (Fsp3) is 0.350. The first-order valence-corrected chi connectivity index (χ1v) is 7.98. The Labute approximate surface area is 138 Å². The minimum Gasteiger partial charge on any atom is -0.491 e. The molecule has 0 unspecified atom stereocenters. The Bertz CT molecular complexity index is 705. The summed E-state index contributed by atoms with van der Waals surface area (Å²) in [7, 11) is 0. The molecule has 0 atom stereocenters. The van der Waals surface area contributed by atoms with Crippen LogP contribution < -0.4 is 10.1 Å². The van der Waals surface area contributed by atoms with E-state index in [2.05, 4.69) is 18.3 Å². The molecule has 2 aromatic rings. The van der Waals surface area contributed by atoms with Crippen molar-refractivity contribution >= 4 is 5.91 Å². The summed E-state index contributed by atoms with van der Waals surface area (Å²) in [6.07, 6.45) is 0.137. The Morgan fingerprint density at radius 1 is 1.04 bits per heavy atom. The van der Waals surface area contributed by atoms with Crippen molar-refractivity contribution in [2.24, 2.45) is 0 Å². The van der Waals surface area contributed by atoms with E-state index in [1.807, 2.05) is 58.0 Å². The van der Waals surface area contributed by atoms with Crippen molar-refractivity contribution in [1.29, 1.82) is 0 Å². The highest BCUT2D eigenvalue weighted by molar-refractivity contribution is 5.95. The average Bonchev–Trinajstić information content (AvgIpc) is 2.48. The summed E-state index contributed by atoms with van der Waals surface area (Å²) >= 11 is 0. The highest BCUT2D eigenvalue weighted by Gasteiger charge is 2.10. The molecule has 1 amide bonds. The molecule has 0 radical (unpaired) electrons. The van der Waals surface area contributed by atoms with E-state index in [4.69, 9.17) is 4.74 Å². The molecule has 2 rings (SSSR count). The molecule has 0 heterocycles. The van der Waals surface area contributed by atoms with Gasteiger partial charge in [-0.1, -0.05) is 18.2 Å². The molecule has 3 heteroatoms. The van der Waals surface area contributed by atoms with Crippen LogP contribution in [0.25, 0.3) is 0 Å².